The Balaban J connectivity index is 0.00000324. The van der Waals surface area contributed by atoms with Gasteiger partial charge >= 0.3 is 0 Å². The molecule has 0 heterocycles. The zero-order valence-electron chi connectivity index (χ0n) is 12.5. The maximum Gasteiger partial charge on any atom is 0.242 e. The van der Waals surface area contributed by atoms with Gasteiger partial charge in [0.15, 0.2) is 5.96 Å². The molecule has 0 bridgehead atoms. The molecule has 1 fully saturated rings. The summed E-state index contributed by atoms with van der Waals surface area (Å²) in [7, 11) is 0. The number of aliphatic imine (C=N–C) groups is 1. The van der Waals surface area contributed by atoms with Crippen LogP contribution in [-0.2, 0) is 4.79 Å². The summed E-state index contributed by atoms with van der Waals surface area (Å²) in [6.07, 6.45) is 1.18. The van der Waals surface area contributed by atoms with E-state index in [2.05, 4.69) is 27.9 Å². The molecule has 3 N–H and O–H groups in total. The number of carbonyl (C=O) groups excluding carboxylic acids is 1. The van der Waals surface area contributed by atoms with Crippen LogP contribution in [0.5, 0.6) is 0 Å². The van der Waals surface area contributed by atoms with Crippen LogP contribution in [0.3, 0.4) is 0 Å². The molecule has 19 heavy (non-hydrogen) atoms. The summed E-state index contributed by atoms with van der Waals surface area (Å²) in [6, 6.07) is 0.508. The molecule has 1 rings (SSSR count). The van der Waals surface area contributed by atoms with Crippen molar-refractivity contribution >= 4 is 35.8 Å². The molecular weight excluding hydrogens is 355 g/mol. The van der Waals surface area contributed by atoms with Gasteiger partial charge in [-0.3, -0.25) is 4.79 Å². The molecule has 0 aromatic rings. The lowest BCUT2D eigenvalue weighted by Crippen LogP contribution is -2.43. The summed E-state index contributed by atoms with van der Waals surface area (Å²) >= 11 is 0. The zero-order chi connectivity index (χ0) is 13.8. The van der Waals surface area contributed by atoms with Crippen molar-refractivity contribution in [1.82, 2.24) is 16.0 Å². The number of nitrogens with one attached hydrogen (secondary N) is 3. The second-order valence-corrected chi connectivity index (χ2v) is 5.96. The summed E-state index contributed by atoms with van der Waals surface area (Å²) in [6.45, 7) is 11.1. The van der Waals surface area contributed by atoms with E-state index in [1.165, 1.54) is 6.42 Å². The minimum absolute atomic E-state index is 0. The molecule has 0 aromatic carbocycles. The van der Waals surface area contributed by atoms with Gasteiger partial charge in [0.25, 0.3) is 0 Å². The third kappa shape index (κ3) is 8.28. The molecule has 0 saturated heterocycles. The zero-order valence-corrected chi connectivity index (χ0v) is 14.9. The highest BCUT2D eigenvalue weighted by atomic mass is 127. The van der Waals surface area contributed by atoms with E-state index in [1.807, 2.05) is 27.7 Å². The molecule has 6 heteroatoms. The molecule has 2 unspecified atom stereocenters. The van der Waals surface area contributed by atoms with Gasteiger partial charge in [-0.05, 0) is 40.0 Å². The molecule has 112 valence electrons. The van der Waals surface area contributed by atoms with Crippen LogP contribution in [0.15, 0.2) is 4.99 Å². The van der Waals surface area contributed by atoms with Crippen LogP contribution in [-0.4, -0.2) is 36.5 Å². The van der Waals surface area contributed by atoms with Crippen molar-refractivity contribution in [3.63, 3.8) is 0 Å². The quantitative estimate of drug-likeness (QED) is 0.392. The number of nitrogens with zero attached hydrogens (tertiary/aromatic N) is 1. The fourth-order valence-electron chi connectivity index (χ4n) is 1.63. The fourth-order valence-corrected chi connectivity index (χ4v) is 1.63. The summed E-state index contributed by atoms with van der Waals surface area (Å²) in [5.41, 5.74) is -0.205. The van der Waals surface area contributed by atoms with E-state index >= 15 is 0 Å². The number of carbonyl (C=O) groups is 1. The van der Waals surface area contributed by atoms with Crippen molar-refractivity contribution in [3.05, 3.63) is 0 Å². The van der Waals surface area contributed by atoms with Crippen LogP contribution in [0.4, 0.5) is 0 Å². The minimum atomic E-state index is -0.205. The van der Waals surface area contributed by atoms with Gasteiger partial charge in [-0.25, -0.2) is 4.99 Å². The Morgan fingerprint density at radius 1 is 1.37 bits per heavy atom. The first-order chi connectivity index (χ1) is 8.31. The topological polar surface area (TPSA) is 65.5 Å². The van der Waals surface area contributed by atoms with E-state index in [-0.39, 0.29) is 42.0 Å². The van der Waals surface area contributed by atoms with Crippen LogP contribution in [0.2, 0.25) is 0 Å². The average Bonchev–Trinajstić information content (AvgIpc) is 2.88. The van der Waals surface area contributed by atoms with E-state index in [1.54, 1.807) is 0 Å². The van der Waals surface area contributed by atoms with Crippen molar-refractivity contribution in [3.8, 4) is 0 Å². The Morgan fingerprint density at radius 2 is 1.95 bits per heavy atom. The van der Waals surface area contributed by atoms with Gasteiger partial charge in [0.2, 0.25) is 5.91 Å². The number of amides is 1. The lowest BCUT2D eigenvalue weighted by Gasteiger charge is -2.20. The highest BCUT2D eigenvalue weighted by molar-refractivity contribution is 14.0. The van der Waals surface area contributed by atoms with Crippen LogP contribution >= 0.6 is 24.0 Å². The number of guanidine groups is 1. The average molecular weight is 382 g/mol. The lowest BCUT2D eigenvalue weighted by atomic mass is 10.1. The first-order valence-corrected chi connectivity index (χ1v) is 6.67. The largest absolute Gasteiger partial charge is 0.357 e. The molecule has 1 amide bonds. The molecule has 0 aromatic heterocycles. The van der Waals surface area contributed by atoms with Crippen molar-refractivity contribution in [1.29, 1.82) is 0 Å². The Hall–Kier alpha value is -0.530. The summed E-state index contributed by atoms with van der Waals surface area (Å²) in [5.74, 6) is 1.39. The molecule has 1 saturated carbocycles. The minimum Gasteiger partial charge on any atom is -0.357 e. The van der Waals surface area contributed by atoms with Crippen molar-refractivity contribution in [2.24, 2.45) is 10.9 Å². The van der Waals surface area contributed by atoms with Gasteiger partial charge in [0.05, 0.1) is 0 Å². The van der Waals surface area contributed by atoms with Crippen molar-refractivity contribution in [2.75, 3.05) is 13.1 Å². The summed E-state index contributed by atoms with van der Waals surface area (Å²) in [4.78, 5) is 16.0. The standard InChI is InChI=1S/C13H26N4O.HI/c1-6-14-12(16-10-7-9(10)2)15-8-11(18)17-13(3,4)5;/h9-10H,6-8H2,1-5H3,(H,17,18)(H2,14,15,16);1H. The van der Waals surface area contributed by atoms with Gasteiger partial charge in [-0.2, -0.15) is 0 Å². The highest BCUT2D eigenvalue weighted by Gasteiger charge is 2.33. The van der Waals surface area contributed by atoms with Crippen LogP contribution < -0.4 is 16.0 Å². The van der Waals surface area contributed by atoms with Gasteiger partial charge < -0.3 is 16.0 Å². The fraction of sp³-hybridized carbons (Fsp3) is 0.846. The number of halogens is 1. The summed E-state index contributed by atoms with van der Waals surface area (Å²) in [5, 5.41) is 9.36. The Labute approximate surface area is 133 Å². The normalized spacial score (nSPS) is 22.3. The van der Waals surface area contributed by atoms with E-state index in [9.17, 15) is 4.79 Å². The van der Waals surface area contributed by atoms with E-state index < -0.39 is 0 Å². The molecule has 0 radical (unpaired) electrons. The molecule has 0 aliphatic heterocycles. The predicted octanol–water partition coefficient (Wildman–Crippen LogP) is 1.48. The van der Waals surface area contributed by atoms with Gasteiger partial charge in [0, 0.05) is 18.1 Å². The van der Waals surface area contributed by atoms with E-state index in [0.717, 1.165) is 12.5 Å². The van der Waals surface area contributed by atoms with E-state index in [0.29, 0.717) is 12.0 Å². The summed E-state index contributed by atoms with van der Waals surface area (Å²) < 4.78 is 0. The maximum absolute atomic E-state index is 11.7. The smallest absolute Gasteiger partial charge is 0.242 e. The first kappa shape index (κ1) is 18.5. The Kier molecular flexibility index (Phi) is 7.69. The van der Waals surface area contributed by atoms with Gasteiger partial charge in [-0.1, -0.05) is 6.92 Å². The SMILES string of the molecule is CCNC(=NCC(=O)NC(C)(C)C)NC1CC1C.I. The van der Waals surface area contributed by atoms with Crippen LogP contribution in [0.25, 0.3) is 0 Å². The van der Waals surface area contributed by atoms with Crippen LogP contribution in [0.1, 0.15) is 41.0 Å². The molecule has 0 spiro atoms. The lowest BCUT2D eigenvalue weighted by molar-refractivity contribution is -0.121. The van der Waals surface area contributed by atoms with Crippen molar-refractivity contribution in [2.45, 2.75) is 52.6 Å². The maximum atomic E-state index is 11.7. The molecule has 5 nitrogen and oxygen atoms in total. The Bertz CT molecular complexity index is 325. The second-order valence-electron chi connectivity index (χ2n) is 5.96. The molecular formula is C13H27IN4O. The molecule has 2 atom stereocenters. The van der Waals surface area contributed by atoms with Crippen LogP contribution in [0, 0.1) is 5.92 Å². The van der Waals surface area contributed by atoms with Gasteiger partial charge in [0.1, 0.15) is 6.54 Å². The third-order valence-corrected chi connectivity index (χ3v) is 2.67. The van der Waals surface area contributed by atoms with E-state index in [4.69, 9.17) is 0 Å². The second kappa shape index (κ2) is 7.91. The predicted molar refractivity (Wildman–Crippen MR) is 90.0 cm³/mol. The Morgan fingerprint density at radius 3 is 2.37 bits per heavy atom. The first-order valence-electron chi connectivity index (χ1n) is 6.67. The molecule has 1 aliphatic carbocycles. The number of hydrogen-bond donors (Lipinski definition) is 3. The van der Waals surface area contributed by atoms with Crippen molar-refractivity contribution < 1.29 is 4.79 Å². The highest BCUT2D eigenvalue weighted by Crippen LogP contribution is 2.28. The monoisotopic (exact) mass is 382 g/mol. The third-order valence-electron chi connectivity index (χ3n) is 2.67. The molecule has 1 aliphatic rings. The number of rotatable bonds is 4. The number of hydrogen-bond acceptors (Lipinski definition) is 2. The van der Waals surface area contributed by atoms with Gasteiger partial charge in [-0.15, -0.1) is 24.0 Å².